The van der Waals surface area contributed by atoms with E-state index in [0.29, 0.717) is 12.6 Å². The maximum atomic E-state index is 5.98. The number of piperidine rings is 1. The molecule has 0 spiro atoms. The summed E-state index contributed by atoms with van der Waals surface area (Å²) in [6.07, 6.45) is 13.1. The maximum absolute atomic E-state index is 5.98. The molecule has 0 amide bonds. The zero-order chi connectivity index (χ0) is 19.2. The minimum absolute atomic E-state index is 0.492. The number of likely N-dealkylation sites (tertiary alicyclic amines) is 1. The summed E-state index contributed by atoms with van der Waals surface area (Å²) in [6, 6.07) is 8.80. The Morgan fingerprint density at radius 1 is 1.21 bits per heavy atom. The van der Waals surface area contributed by atoms with E-state index < -0.39 is 0 Å². The summed E-state index contributed by atoms with van der Waals surface area (Å²) in [7, 11) is 0. The van der Waals surface area contributed by atoms with E-state index in [9.17, 15) is 0 Å². The fourth-order valence-corrected chi connectivity index (χ4v) is 3.96. The van der Waals surface area contributed by atoms with Crippen LogP contribution in [-0.4, -0.2) is 50.2 Å². The van der Waals surface area contributed by atoms with Crippen molar-refractivity contribution >= 4 is 0 Å². The molecule has 2 aromatic heterocycles. The Hall–Kier alpha value is -2.60. The van der Waals surface area contributed by atoms with E-state index in [0.717, 1.165) is 43.2 Å². The smallest absolute Gasteiger partial charge is 0.140 e. The number of ether oxygens (including phenoxy) is 1. The zero-order valence-electron chi connectivity index (χ0n) is 16.6. The summed E-state index contributed by atoms with van der Waals surface area (Å²) in [5, 5.41) is 0. The summed E-state index contributed by atoms with van der Waals surface area (Å²) in [5.41, 5.74) is 1.12. The summed E-state index contributed by atoms with van der Waals surface area (Å²) in [6.45, 7) is 7.27. The van der Waals surface area contributed by atoms with Gasteiger partial charge in [0.25, 0.3) is 0 Å². The van der Waals surface area contributed by atoms with E-state index in [4.69, 9.17) is 4.74 Å². The Bertz CT molecular complexity index is 857. The molecule has 1 fully saturated rings. The van der Waals surface area contributed by atoms with E-state index in [2.05, 4.69) is 55.3 Å². The molecule has 1 aliphatic rings. The van der Waals surface area contributed by atoms with E-state index >= 15 is 0 Å². The van der Waals surface area contributed by atoms with Crippen LogP contribution in [0.5, 0.6) is 5.75 Å². The molecular weight excluding hydrogens is 350 g/mol. The third-order valence-corrected chi connectivity index (χ3v) is 5.47. The molecule has 0 saturated carbocycles. The van der Waals surface area contributed by atoms with Gasteiger partial charge >= 0.3 is 0 Å². The number of benzene rings is 1. The molecule has 3 heterocycles. The minimum Gasteiger partial charge on any atom is -0.494 e. The highest BCUT2D eigenvalue weighted by atomic mass is 16.5. The van der Waals surface area contributed by atoms with Crippen LogP contribution < -0.4 is 4.74 Å². The lowest BCUT2D eigenvalue weighted by atomic mass is 10.0. The third-order valence-electron chi connectivity index (χ3n) is 5.47. The summed E-state index contributed by atoms with van der Waals surface area (Å²) < 4.78 is 10.4. The third kappa shape index (κ3) is 4.44. The Kier molecular flexibility index (Phi) is 6.07. The van der Waals surface area contributed by atoms with Crippen molar-refractivity contribution in [3.05, 3.63) is 55.4 Å². The number of imidazole rings is 2. The van der Waals surface area contributed by atoms with Crippen molar-refractivity contribution in [3.63, 3.8) is 0 Å². The van der Waals surface area contributed by atoms with Gasteiger partial charge in [0.2, 0.25) is 0 Å². The highest BCUT2D eigenvalue weighted by molar-refractivity contribution is 5.58. The van der Waals surface area contributed by atoms with Crippen molar-refractivity contribution in [2.75, 3.05) is 26.2 Å². The molecule has 3 aromatic rings. The van der Waals surface area contributed by atoms with Gasteiger partial charge < -0.3 is 18.8 Å². The maximum Gasteiger partial charge on any atom is 0.140 e. The van der Waals surface area contributed by atoms with Crippen LogP contribution in [0, 0.1) is 0 Å². The summed E-state index contributed by atoms with van der Waals surface area (Å²) in [4.78, 5) is 11.3. The molecule has 1 atom stereocenters. The van der Waals surface area contributed by atoms with Crippen molar-refractivity contribution in [2.45, 2.75) is 38.8 Å². The molecular formula is C22H29N5O. The average Bonchev–Trinajstić information content (AvgIpc) is 3.43. The standard InChI is InChI=1S/C22H29N5O/c1-2-25-11-4-7-20(17-25)27-14-10-24-22(27)19-6-3-8-21(16-19)28-15-5-12-26-13-9-23-18-26/h3,6,8-10,13-14,16,18,20H,2,4-5,7,11-12,15,17H2,1H3. The minimum atomic E-state index is 0.492. The molecule has 1 unspecified atom stereocenters. The van der Waals surface area contributed by atoms with Crippen LogP contribution in [-0.2, 0) is 6.54 Å². The summed E-state index contributed by atoms with van der Waals surface area (Å²) in [5.74, 6) is 1.93. The highest BCUT2D eigenvalue weighted by Crippen LogP contribution is 2.29. The topological polar surface area (TPSA) is 48.1 Å². The van der Waals surface area contributed by atoms with Crippen LogP contribution >= 0.6 is 0 Å². The second kappa shape index (κ2) is 9.06. The normalized spacial score (nSPS) is 17.7. The highest BCUT2D eigenvalue weighted by Gasteiger charge is 2.22. The van der Waals surface area contributed by atoms with Crippen molar-refractivity contribution in [1.82, 2.24) is 24.0 Å². The van der Waals surface area contributed by atoms with Crippen LogP contribution in [0.4, 0.5) is 0 Å². The van der Waals surface area contributed by atoms with Gasteiger partial charge in [-0.1, -0.05) is 19.1 Å². The van der Waals surface area contributed by atoms with Crippen molar-refractivity contribution in [2.24, 2.45) is 0 Å². The molecule has 6 nitrogen and oxygen atoms in total. The predicted molar refractivity (Wildman–Crippen MR) is 110 cm³/mol. The van der Waals surface area contributed by atoms with Crippen LogP contribution in [0.25, 0.3) is 11.4 Å². The molecule has 0 N–H and O–H groups in total. The Balaban J connectivity index is 1.41. The Morgan fingerprint density at radius 2 is 2.18 bits per heavy atom. The van der Waals surface area contributed by atoms with Crippen LogP contribution in [0.2, 0.25) is 0 Å². The first-order chi connectivity index (χ1) is 13.8. The van der Waals surface area contributed by atoms with Crippen molar-refractivity contribution < 1.29 is 4.74 Å². The molecule has 4 rings (SSSR count). The van der Waals surface area contributed by atoms with Gasteiger partial charge in [-0.3, -0.25) is 0 Å². The molecule has 6 heteroatoms. The molecule has 1 saturated heterocycles. The number of aryl methyl sites for hydroxylation is 1. The van der Waals surface area contributed by atoms with Gasteiger partial charge in [0.05, 0.1) is 12.9 Å². The lowest BCUT2D eigenvalue weighted by molar-refractivity contribution is 0.186. The van der Waals surface area contributed by atoms with E-state index in [1.807, 2.05) is 24.8 Å². The second-order valence-corrected chi connectivity index (χ2v) is 7.38. The van der Waals surface area contributed by atoms with Gasteiger partial charge in [-0.05, 0) is 44.5 Å². The van der Waals surface area contributed by atoms with Gasteiger partial charge in [0, 0.05) is 49.5 Å². The van der Waals surface area contributed by atoms with Crippen LogP contribution in [0.15, 0.2) is 55.4 Å². The number of rotatable bonds is 8. The van der Waals surface area contributed by atoms with Crippen molar-refractivity contribution in [1.29, 1.82) is 0 Å². The zero-order valence-corrected chi connectivity index (χ0v) is 16.6. The average molecular weight is 380 g/mol. The SMILES string of the molecule is CCN1CCCC(n2ccnc2-c2cccc(OCCCn3ccnc3)c2)C1. The number of hydrogen-bond acceptors (Lipinski definition) is 4. The van der Waals surface area contributed by atoms with E-state index in [1.54, 1.807) is 6.20 Å². The first-order valence-electron chi connectivity index (χ1n) is 10.3. The number of aromatic nitrogens is 4. The number of nitrogens with zero attached hydrogens (tertiary/aromatic N) is 5. The number of likely N-dealkylation sites (N-methyl/N-ethyl adjacent to an activating group) is 1. The van der Waals surface area contributed by atoms with Gasteiger partial charge in [-0.25, -0.2) is 9.97 Å². The molecule has 0 aliphatic carbocycles. The molecule has 1 aliphatic heterocycles. The van der Waals surface area contributed by atoms with Crippen molar-refractivity contribution in [3.8, 4) is 17.1 Å². The Morgan fingerprint density at radius 3 is 3.04 bits per heavy atom. The van der Waals surface area contributed by atoms with Crippen LogP contribution in [0.3, 0.4) is 0 Å². The monoisotopic (exact) mass is 379 g/mol. The lowest BCUT2D eigenvalue weighted by Crippen LogP contribution is -2.36. The van der Waals surface area contributed by atoms with Gasteiger partial charge in [0.15, 0.2) is 0 Å². The van der Waals surface area contributed by atoms with Gasteiger partial charge in [-0.2, -0.15) is 0 Å². The lowest BCUT2D eigenvalue weighted by Gasteiger charge is -2.33. The quantitative estimate of drug-likeness (QED) is 0.558. The number of hydrogen-bond donors (Lipinski definition) is 0. The first-order valence-corrected chi connectivity index (χ1v) is 10.3. The predicted octanol–water partition coefficient (Wildman–Crippen LogP) is 3.87. The van der Waals surface area contributed by atoms with Gasteiger partial charge in [-0.15, -0.1) is 0 Å². The summed E-state index contributed by atoms with van der Waals surface area (Å²) >= 11 is 0. The van der Waals surface area contributed by atoms with E-state index in [-0.39, 0.29) is 0 Å². The Labute approximate surface area is 166 Å². The first kappa shape index (κ1) is 18.7. The molecule has 148 valence electrons. The van der Waals surface area contributed by atoms with E-state index in [1.165, 1.54) is 19.4 Å². The van der Waals surface area contributed by atoms with Gasteiger partial charge in [0.1, 0.15) is 11.6 Å². The second-order valence-electron chi connectivity index (χ2n) is 7.38. The molecule has 0 bridgehead atoms. The molecule has 0 radical (unpaired) electrons. The van der Waals surface area contributed by atoms with Crippen LogP contribution in [0.1, 0.15) is 32.2 Å². The fourth-order valence-electron chi connectivity index (χ4n) is 3.96. The molecule has 28 heavy (non-hydrogen) atoms. The largest absolute Gasteiger partial charge is 0.494 e. The fraction of sp³-hybridized carbons (Fsp3) is 0.455. The molecule has 1 aromatic carbocycles.